The minimum atomic E-state index is -1.10. The van der Waals surface area contributed by atoms with Crippen LogP contribution < -0.4 is 10.6 Å². The lowest BCUT2D eigenvalue weighted by Crippen LogP contribution is -2.16. The normalized spacial score (nSPS) is 10.8. The Morgan fingerprint density at radius 1 is 1.07 bits per heavy atom. The van der Waals surface area contributed by atoms with Gasteiger partial charge in [-0.25, -0.2) is 18.7 Å². The van der Waals surface area contributed by atoms with Crippen LogP contribution in [-0.2, 0) is 11.2 Å². The minimum Gasteiger partial charge on any atom is -0.323 e. The van der Waals surface area contributed by atoms with Crippen LogP contribution in [0.15, 0.2) is 54.9 Å². The molecule has 140 valence electrons. The zero-order valence-electron chi connectivity index (χ0n) is 14.4. The highest BCUT2D eigenvalue weighted by Gasteiger charge is 2.13. The number of amides is 1. The zero-order valence-corrected chi connectivity index (χ0v) is 14.4. The van der Waals surface area contributed by atoms with Crippen LogP contribution in [0.3, 0.4) is 0 Å². The molecule has 3 N–H and O–H groups in total. The number of nitrogens with one attached hydrogen (secondary N) is 3. The summed E-state index contributed by atoms with van der Waals surface area (Å²) in [5.74, 6) is -1.59. The van der Waals surface area contributed by atoms with Crippen molar-refractivity contribution in [2.75, 3.05) is 10.6 Å². The summed E-state index contributed by atoms with van der Waals surface area (Å²) in [7, 11) is 0. The average Bonchev–Trinajstić information content (AvgIpc) is 3.12. The van der Waals surface area contributed by atoms with E-state index in [1.807, 2.05) is 24.3 Å². The lowest BCUT2D eigenvalue weighted by Gasteiger charge is -2.06. The van der Waals surface area contributed by atoms with Crippen LogP contribution in [0.2, 0.25) is 0 Å². The van der Waals surface area contributed by atoms with Gasteiger partial charge in [-0.15, -0.1) is 0 Å². The Balaban J connectivity index is 1.45. The number of carbonyl (C=O) groups excluding carboxylic acids is 1. The van der Waals surface area contributed by atoms with E-state index in [0.29, 0.717) is 17.3 Å². The number of hydrogen-bond donors (Lipinski definition) is 3. The molecule has 9 heteroatoms. The molecule has 28 heavy (non-hydrogen) atoms. The van der Waals surface area contributed by atoms with Crippen LogP contribution in [0.5, 0.6) is 0 Å². The van der Waals surface area contributed by atoms with Gasteiger partial charge < -0.3 is 10.6 Å². The Morgan fingerprint density at radius 2 is 1.93 bits per heavy atom. The number of hydrogen-bond acceptors (Lipinski definition) is 5. The molecule has 2 heterocycles. The summed E-state index contributed by atoms with van der Waals surface area (Å²) in [5, 5.41) is 13.1. The molecule has 0 saturated heterocycles. The molecule has 0 aliphatic carbocycles. The molecule has 0 aliphatic heterocycles. The van der Waals surface area contributed by atoms with Gasteiger partial charge in [0.05, 0.1) is 17.6 Å². The predicted molar refractivity (Wildman–Crippen MR) is 100 cm³/mol. The molecule has 2 aromatic heterocycles. The van der Waals surface area contributed by atoms with Crippen LogP contribution in [0.25, 0.3) is 10.9 Å². The fraction of sp³-hybridized carbons (Fsp3) is 0.0526. The molecule has 4 aromatic rings. The molecule has 0 unspecified atom stereocenters. The SMILES string of the molecule is O=C(Cc1cc(Nc2ncnc3ccccc23)n[nH]1)Nc1cccc(F)c1F. The van der Waals surface area contributed by atoms with E-state index in [4.69, 9.17) is 0 Å². The highest BCUT2D eigenvalue weighted by Crippen LogP contribution is 2.22. The van der Waals surface area contributed by atoms with Gasteiger partial charge in [0, 0.05) is 17.1 Å². The third-order valence-electron chi connectivity index (χ3n) is 4.00. The molecule has 7 nitrogen and oxygen atoms in total. The Labute approximate surface area is 157 Å². The molecule has 2 aromatic carbocycles. The maximum absolute atomic E-state index is 13.6. The molecule has 0 radical (unpaired) electrons. The Hall–Kier alpha value is -3.88. The van der Waals surface area contributed by atoms with Crippen molar-refractivity contribution in [1.29, 1.82) is 0 Å². The maximum atomic E-state index is 13.6. The first-order valence-electron chi connectivity index (χ1n) is 8.35. The van der Waals surface area contributed by atoms with Gasteiger partial charge in [0.25, 0.3) is 0 Å². The molecule has 0 aliphatic rings. The van der Waals surface area contributed by atoms with E-state index in [1.165, 1.54) is 18.5 Å². The van der Waals surface area contributed by atoms with Gasteiger partial charge in [-0.2, -0.15) is 5.10 Å². The van der Waals surface area contributed by atoms with Crippen LogP contribution in [0.4, 0.5) is 26.1 Å². The lowest BCUT2D eigenvalue weighted by atomic mass is 10.2. The second-order valence-electron chi connectivity index (χ2n) is 5.97. The number of aromatic nitrogens is 4. The second-order valence-corrected chi connectivity index (χ2v) is 5.97. The van der Waals surface area contributed by atoms with E-state index in [-0.39, 0.29) is 12.1 Å². The minimum absolute atomic E-state index is 0.0881. The molecular weight excluding hydrogens is 366 g/mol. The fourth-order valence-electron chi connectivity index (χ4n) is 2.71. The fourth-order valence-corrected chi connectivity index (χ4v) is 2.71. The zero-order chi connectivity index (χ0) is 19.5. The van der Waals surface area contributed by atoms with E-state index < -0.39 is 17.5 Å². The van der Waals surface area contributed by atoms with Gasteiger partial charge in [-0.3, -0.25) is 9.89 Å². The molecule has 1 amide bonds. The standard InChI is InChI=1S/C19H14F2N6O/c20-13-5-3-7-15(18(13)21)24-17(28)9-11-8-16(27-26-11)25-19-12-4-1-2-6-14(12)22-10-23-19/h1-8,10H,9H2,(H,24,28)(H2,22,23,25,26,27). The first kappa shape index (κ1) is 17.5. The number of anilines is 3. The highest BCUT2D eigenvalue weighted by atomic mass is 19.2. The van der Waals surface area contributed by atoms with Crippen molar-refractivity contribution in [1.82, 2.24) is 20.2 Å². The molecule has 0 bridgehead atoms. The van der Waals surface area contributed by atoms with Gasteiger partial charge in [-0.1, -0.05) is 18.2 Å². The van der Waals surface area contributed by atoms with E-state index in [0.717, 1.165) is 17.0 Å². The monoisotopic (exact) mass is 380 g/mol. The summed E-state index contributed by atoms with van der Waals surface area (Å²) < 4.78 is 26.9. The number of para-hydroxylation sites is 1. The quantitative estimate of drug-likeness (QED) is 0.492. The number of rotatable bonds is 5. The lowest BCUT2D eigenvalue weighted by molar-refractivity contribution is -0.115. The summed E-state index contributed by atoms with van der Waals surface area (Å²) in [4.78, 5) is 20.5. The van der Waals surface area contributed by atoms with E-state index >= 15 is 0 Å². The maximum Gasteiger partial charge on any atom is 0.230 e. The van der Waals surface area contributed by atoms with Gasteiger partial charge in [-0.05, 0) is 24.3 Å². The van der Waals surface area contributed by atoms with Crippen molar-refractivity contribution in [3.63, 3.8) is 0 Å². The number of H-pyrrole nitrogens is 1. The summed E-state index contributed by atoms with van der Waals surface area (Å²) in [5.41, 5.74) is 1.07. The molecule has 0 saturated carbocycles. The molecular formula is C19H14F2N6O. The first-order valence-corrected chi connectivity index (χ1v) is 8.35. The average molecular weight is 380 g/mol. The van der Waals surface area contributed by atoms with Crippen LogP contribution in [0, 0.1) is 11.6 Å². The van der Waals surface area contributed by atoms with Crippen molar-refractivity contribution in [2.45, 2.75) is 6.42 Å². The number of aromatic amines is 1. The van der Waals surface area contributed by atoms with Crippen molar-refractivity contribution >= 4 is 34.1 Å². The first-order chi connectivity index (χ1) is 13.6. The van der Waals surface area contributed by atoms with E-state index in [1.54, 1.807) is 6.07 Å². The molecule has 0 fully saturated rings. The Kier molecular flexibility index (Phi) is 4.63. The van der Waals surface area contributed by atoms with Crippen LogP contribution in [0.1, 0.15) is 5.69 Å². The van der Waals surface area contributed by atoms with Crippen molar-refractivity contribution < 1.29 is 13.6 Å². The Bertz CT molecular complexity index is 1150. The summed E-state index contributed by atoms with van der Waals surface area (Å²) in [6, 6.07) is 12.7. The third kappa shape index (κ3) is 3.63. The molecule has 0 atom stereocenters. The number of halogens is 2. The number of benzene rings is 2. The molecule has 4 rings (SSSR count). The Morgan fingerprint density at radius 3 is 2.82 bits per heavy atom. The smallest absolute Gasteiger partial charge is 0.230 e. The number of carbonyl (C=O) groups is 1. The number of fused-ring (bicyclic) bond motifs is 1. The number of nitrogens with zero attached hydrogens (tertiary/aromatic N) is 3. The van der Waals surface area contributed by atoms with Crippen LogP contribution in [-0.4, -0.2) is 26.1 Å². The van der Waals surface area contributed by atoms with Gasteiger partial charge >= 0.3 is 0 Å². The molecule has 0 spiro atoms. The second kappa shape index (κ2) is 7.39. The third-order valence-corrected chi connectivity index (χ3v) is 4.00. The van der Waals surface area contributed by atoms with E-state index in [9.17, 15) is 13.6 Å². The van der Waals surface area contributed by atoms with Gasteiger partial charge in [0.15, 0.2) is 17.5 Å². The van der Waals surface area contributed by atoms with Crippen LogP contribution >= 0.6 is 0 Å². The van der Waals surface area contributed by atoms with Crippen molar-refractivity contribution in [3.8, 4) is 0 Å². The van der Waals surface area contributed by atoms with Gasteiger partial charge in [0.2, 0.25) is 5.91 Å². The van der Waals surface area contributed by atoms with Crippen molar-refractivity contribution in [3.05, 3.63) is 72.2 Å². The summed E-state index contributed by atoms with van der Waals surface area (Å²) >= 11 is 0. The summed E-state index contributed by atoms with van der Waals surface area (Å²) in [6.45, 7) is 0. The van der Waals surface area contributed by atoms with Crippen molar-refractivity contribution in [2.24, 2.45) is 0 Å². The highest BCUT2D eigenvalue weighted by molar-refractivity contribution is 5.92. The predicted octanol–water partition coefficient (Wildman–Crippen LogP) is 3.56. The topological polar surface area (TPSA) is 95.6 Å². The largest absolute Gasteiger partial charge is 0.323 e. The van der Waals surface area contributed by atoms with Gasteiger partial charge in [0.1, 0.15) is 12.1 Å². The van der Waals surface area contributed by atoms with E-state index in [2.05, 4.69) is 30.8 Å². The summed E-state index contributed by atoms with van der Waals surface area (Å²) in [6.07, 6.45) is 1.36.